The van der Waals surface area contributed by atoms with Crippen LogP contribution in [0.5, 0.6) is 0 Å². The first kappa shape index (κ1) is 18.3. The Balaban J connectivity index is 1.42. The van der Waals surface area contributed by atoms with E-state index in [1.165, 1.54) is 6.20 Å². The highest BCUT2D eigenvalue weighted by molar-refractivity contribution is 6.40. The van der Waals surface area contributed by atoms with Crippen LogP contribution < -0.4 is 10.6 Å². The molecule has 11 heteroatoms. The molecular weight excluding hydrogens is 405 g/mol. The SMILES string of the molecule is O=C(Nc1ccnc(NC(=O)[C@@H]2C[C@@H]2c2nnn[nH]2)c1)c1c(Cl)cccc1Cl. The van der Waals surface area contributed by atoms with Gasteiger partial charge in [0, 0.05) is 29.8 Å². The highest BCUT2D eigenvalue weighted by atomic mass is 35.5. The van der Waals surface area contributed by atoms with Crippen LogP contribution in [0, 0.1) is 5.92 Å². The lowest BCUT2D eigenvalue weighted by molar-refractivity contribution is -0.117. The third-order valence-electron chi connectivity index (χ3n) is 4.30. The number of halogens is 2. The van der Waals surface area contributed by atoms with Crippen molar-refractivity contribution in [3.05, 3.63) is 58.0 Å². The molecule has 0 bridgehead atoms. The molecule has 9 nitrogen and oxygen atoms in total. The summed E-state index contributed by atoms with van der Waals surface area (Å²) in [7, 11) is 0. The number of benzene rings is 1. The minimum atomic E-state index is -0.459. The first-order valence-electron chi connectivity index (χ1n) is 8.29. The van der Waals surface area contributed by atoms with Gasteiger partial charge in [0.05, 0.1) is 15.6 Å². The molecule has 0 radical (unpaired) electrons. The van der Waals surface area contributed by atoms with Crippen LogP contribution in [0.2, 0.25) is 10.0 Å². The van der Waals surface area contributed by atoms with Crippen molar-refractivity contribution < 1.29 is 9.59 Å². The highest BCUT2D eigenvalue weighted by Crippen LogP contribution is 2.46. The van der Waals surface area contributed by atoms with Gasteiger partial charge in [0.1, 0.15) is 5.82 Å². The average Bonchev–Trinajstić information content (AvgIpc) is 3.27. The maximum Gasteiger partial charge on any atom is 0.258 e. The summed E-state index contributed by atoms with van der Waals surface area (Å²) < 4.78 is 0. The van der Waals surface area contributed by atoms with Crippen LogP contribution in [0.1, 0.15) is 28.5 Å². The van der Waals surface area contributed by atoms with Gasteiger partial charge in [-0.1, -0.05) is 29.3 Å². The Morgan fingerprint density at radius 2 is 1.93 bits per heavy atom. The van der Waals surface area contributed by atoms with Gasteiger partial charge in [-0.05, 0) is 35.0 Å². The minimum Gasteiger partial charge on any atom is -0.322 e. The van der Waals surface area contributed by atoms with E-state index in [0.29, 0.717) is 23.8 Å². The van der Waals surface area contributed by atoms with E-state index in [0.717, 1.165) is 0 Å². The Morgan fingerprint density at radius 1 is 1.14 bits per heavy atom. The topological polar surface area (TPSA) is 126 Å². The van der Waals surface area contributed by atoms with Gasteiger partial charge in [-0.2, -0.15) is 0 Å². The summed E-state index contributed by atoms with van der Waals surface area (Å²) in [6.07, 6.45) is 2.13. The fourth-order valence-electron chi connectivity index (χ4n) is 2.81. The Labute approximate surface area is 168 Å². The molecule has 1 saturated carbocycles. The van der Waals surface area contributed by atoms with Crippen molar-refractivity contribution in [2.45, 2.75) is 12.3 Å². The first-order valence-corrected chi connectivity index (χ1v) is 9.04. The lowest BCUT2D eigenvalue weighted by Crippen LogP contribution is -2.17. The molecule has 0 aliphatic heterocycles. The standard InChI is InChI=1S/C17H13Cl2N7O2/c18-11-2-1-3-12(19)14(11)17(28)21-8-4-5-20-13(6-8)22-16(27)10-7-9(10)15-23-25-26-24-15/h1-6,9-10H,7H2,(H,23,24,25,26)(H2,20,21,22,27,28)/t9-,10+/m0/s1. The minimum absolute atomic E-state index is 0.0275. The molecule has 1 aliphatic rings. The van der Waals surface area contributed by atoms with E-state index >= 15 is 0 Å². The van der Waals surface area contributed by atoms with Crippen molar-refractivity contribution in [1.29, 1.82) is 0 Å². The molecular formula is C17H13Cl2N7O2. The second kappa shape index (κ2) is 7.53. The Hall–Kier alpha value is -3.04. The summed E-state index contributed by atoms with van der Waals surface area (Å²) >= 11 is 12.1. The zero-order chi connectivity index (χ0) is 19.7. The number of hydrogen-bond donors (Lipinski definition) is 3. The number of amides is 2. The lowest BCUT2D eigenvalue weighted by Gasteiger charge is -2.10. The molecule has 28 heavy (non-hydrogen) atoms. The molecule has 3 aromatic rings. The Bertz CT molecular complexity index is 1020. The molecule has 1 aliphatic carbocycles. The normalized spacial score (nSPS) is 17.8. The number of H-pyrrole nitrogens is 1. The van der Waals surface area contributed by atoms with Crippen molar-refractivity contribution in [1.82, 2.24) is 25.6 Å². The molecule has 142 valence electrons. The number of aromatic amines is 1. The molecule has 0 unspecified atom stereocenters. The third-order valence-corrected chi connectivity index (χ3v) is 4.93. The summed E-state index contributed by atoms with van der Waals surface area (Å²) in [5.41, 5.74) is 0.618. The van der Waals surface area contributed by atoms with E-state index in [2.05, 4.69) is 36.2 Å². The summed E-state index contributed by atoms with van der Waals surface area (Å²) in [6.45, 7) is 0. The van der Waals surface area contributed by atoms with E-state index in [1.807, 2.05) is 0 Å². The van der Waals surface area contributed by atoms with Crippen molar-refractivity contribution in [2.75, 3.05) is 10.6 Å². The van der Waals surface area contributed by atoms with Crippen LogP contribution in [-0.4, -0.2) is 37.4 Å². The van der Waals surface area contributed by atoms with Gasteiger partial charge in [0.15, 0.2) is 5.82 Å². The van der Waals surface area contributed by atoms with E-state index in [4.69, 9.17) is 23.2 Å². The van der Waals surface area contributed by atoms with Crippen molar-refractivity contribution in [2.24, 2.45) is 5.92 Å². The van der Waals surface area contributed by atoms with Gasteiger partial charge in [-0.3, -0.25) is 9.59 Å². The quantitative estimate of drug-likeness (QED) is 0.585. The molecule has 1 aromatic carbocycles. The fourth-order valence-corrected chi connectivity index (χ4v) is 3.38. The van der Waals surface area contributed by atoms with Crippen molar-refractivity contribution in [3.8, 4) is 0 Å². The average molecular weight is 418 g/mol. The van der Waals surface area contributed by atoms with Crippen molar-refractivity contribution >= 4 is 46.5 Å². The van der Waals surface area contributed by atoms with Crippen LogP contribution >= 0.6 is 23.2 Å². The number of hydrogen-bond acceptors (Lipinski definition) is 6. The van der Waals surface area contributed by atoms with Crippen LogP contribution in [0.3, 0.4) is 0 Å². The number of carbonyl (C=O) groups is 2. The maximum atomic E-state index is 12.5. The Morgan fingerprint density at radius 3 is 2.64 bits per heavy atom. The van der Waals surface area contributed by atoms with E-state index in [9.17, 15) is 9.59 Å². The Kier molecular flexibility index (Phi) is 4.93. The van der Waals surface area contributed by atoms with Crippen molar-refractivity contribution in [3.63, 3.8) is 0 Å². The number of rotatable bonds is 5. The zero-order valence-corrected chi connectivity index (χ0v) is 15.7. The van der Waals surface area contributed by atoms with Crippen LogP contribution in [-0.2, 0) is 4.79 Å². The van der Waals surface area contributed by atoms with E-state index < -0.39 is 5.91 Å². The maximum absolute atomic E-state index is 12.5. The molecule has 1 fully saturated rings. The monoisotopic (exact) mass is 417 g/mol. The van der Waals surface area contributed by atoms with Gasteiger partial charge < -0.3 is 10.6 Å². The summed E-state index contributed by atoms with van der Waals surface area (Å²) in [6, 6.07) is 7.96. The van der Waals surface area contributed by atoms with E-state index in [1.54, 1.807) is 30.3 Å². The highest BCUT2D eigenvalue weighted by Gasteiger charge is 2.46. The number of anilines is 2. The second-order valence-electron chi connectivity index (χ2n) is 6.20. The molecule has 0 saturated heterocycles. The lowest BCUT2D eigenvalue weighted by atomic mass is 10.2. The predicted molar refractivity (Wildman–Crippen MR) is 102 cm³/mol. The number of tetrazole rings is 1. The van der Waals surface area contributed by atoms with Gasteiger partial charge in [-0.15, -0.1) is 5.10 Å². The van der Waals surface area contributed by atoms with Gasteiger partial charge in [0.25, 0.3) is 5.91 Å². The molecule has 2 heterocycles. The summed E-state index contributed by atoms with van der Waals surface area (Å²) in [4.78, 5) is 28.9. The number of nitrogens with one attached hydrogen (secondary N) is 3. The first-order chi connectivity index (χ1) is 13.5. The molecule has 4 rings (SSSR count). The fraction of sp³-hybridized carbons (Fsp3) is 0.176. The van der Waals surface area contributed by atoms with Crippen LogP contribution in [0.25, 0.3) is 0 Å². The predicted octanol–water partition coefficient (Wildman–Crippen LogP) is 2.90. The molecule has 2 atom stereocenters. The number of carbonyl (C=O) groups excluding carboxylic acids is 2. The van der Waals surface area contributed by atoms with Crippen LogP contribution in [0.4, 0.5) is 11.5 Å². The molecule has 3 N–H and O–H groups in total. The molecule has 2 amide bonds. The van der Waals surface area contributed by atoms with Gasteiger partial charge >= 0.3 is 0 Å². The molecule has 2 aromatic heterocycles. The zero-order valence-electron chi connectivity index (χ0n) is 14.2. The summed E-state index contributed by atoms with van der Waals surface area (Å²) in [5, 5.41) is 19.4. The smallest absolute Gasteiger partial charge is 0.258 e. The number of nitrogens with zero attached hydrogens (tertiary/aromatic N) is 4. The van der Waals surface area contributed by atoms with Gasteiger partial charge in [0.2, 0.25) is 5.91 Å². The number of pyridine rings is 1. The summed E-state index contributed by atoms with van der Waals surface area (Å²) in [5.74, 6) is 0.00259. The van der Waals surface area contributed by atoms with Crippen LogP contribution in [0.15, 0.2) is 36.5 Å². The third kappa shape index (κ3) is 3.80. The van der Waals surface area contributed by atoms with Gasteiger partial charge in [-0.25, -0.2) is 10.1 Å². The molecule has 0 spiro atoms. The number of aromatic nitrogens is 5. The van der Waals surface area contributed by atoms with E-state index in [-0.39, 0.29) is 33.4 Å². The second-order valence-corrected chi connectivity index (χ2v) is 7.02. The largest absolute Gasteiger partial charge is 0.322 e.